The molecule has 1 aromatic rings. The molecule has 2 amide bonds. The third kappa shape index (κ3) is 5.01. The van der Waals surface area contributed by atoms with Crippen molar-refractivity contribution in [3.05, 3.63) is 29.6 Å². The van der Waals surface area contributed by atoms with E-state index in [2.05, 4.69) is 15.6 Å². The van der Waals surface area contributed by atoms with Crippen LogP contribution in [0.25, 0.3) is 0 Å². The number of carbonyl (C=O) groups is 1. The molecule has 3 N–H and O–H groups in total. The van der Waals surface area contributed by atoms with Crippen LogP contribution in [0.3, 0.4) is 0 Å². The molecular formula is C16H25N3O2. The lowest BCUT2D eigenvalue weighted by Crippen LogP contribution is -2.46. The number of aliphatic hydroxyl groups excluding tert-OH is 1. The number of nitrogens with zero attached hydrogens (tertiary/aromatic N) is 1. The maximum atomic E-state index is 12.0. The van der Waals surface area contributed by atoms with Crippen LogP contribution in [0.5, 0.6) is 0 Å². The minimum Gasteiger partial charge on any atom is -0.396 e. The Hall–Kier alpha value is -1.62. The summed E-state index contributed by atoms with van der Waals surface area (Å²) < 4.78 is 0. The summed E-state index contributed by atoms with van der Waals surface area (Å²) in [5.74, 6) is 0.176. The van der Waals surface area contributed by atoms with Crippen molar-refractivity contribution in [1.29, 1.82) is 0 Å². The first-order chi connectivity index (χ1) is 10.2. The molecule has 1 saturated carbocycles. The Balaban J connectivity index is 1.82. The van der Waals surface area contributed by atoms with Gasteiger partial charge in [0.25, 0.3) is 0 Å². The molecule has 1 heterocycles. The van der Waals surface area contributed by atoms with Crippen LogP contribution >= 0.6 is 0 Å². The fourth-order valence-electron chi connectivity index (χ4n) is 2.88. The van der Waals surface area contributed by atoms with E-state index in [1.54, 1.807) is 0 Å². The van der Waals surface area contributed by atoms with Crippen molar-refractivity contribution in [2.75, 3.05) is 6.61 Å². The van der Waals surface area contributed by atoms with Gasteiger partial charge in [-0.25, -0.2) is 4.79 Å². The zero-order valence-electron chi connectivity index (χ0n) is 12.6. The predicted octanol–water partition coefficient (Wildman–Crippen LogP) is 2.13. The maximum Gasteiger partial charge on any atom is 0.315 e. The summed E-state index contributed by atoms with van der Waals surface area (Å²) in [4.78, 5) is 16.4. The van der Waals surface area contributed by atoms with Crippen molar-refractivity contribution in [3.8, 4) is 0 Å². The summed E-state index contributed by atoms with van der Waals surface area (Å²) in [6, 6.07) is 5.66. The molecule has 0 aromatic carbocycles. The van der Waals surface area contributed by atoms with Crippen LogP contribution < -0.4 is 10.6 Å². The number of urea groups is 1. The number of hydrogen-bond donors (Lipinski definition) is 3. The first-order valence-electron chi connectivity index (χ1n) is 7.77. The van der Waals surface area contributed by atoms with Gasteiger partial charge in [-0.3, -0.25) is 4.98 Å². The Morgan fingerprint density at radius 3 is 2.90 bits per heavy atom. The molecule has 0 radical (unpaired) electrons. The monoisotopic (exact) mass is 291 g/mol. The van der Waals surface area contributed by atoms with Gasteiger partial charge in [-0.05, 0) is 31.9 Å². The second-order valence-corrected chi connectivity index (χ2v) is 5.78. The standard InChI is InChI=1S/C16H25N3O2/c1-12-6-5-8-14(18-12)10-17-16(21)19-15-9-4-2-3-7-13(15)11-20/h5-6,8,13,15,20H,2-4,7,9-11H2,1H3,(H2,17,19,21). The average molecular weight is 291 g/mol. The van der Waals surface area contributed by atoms with Crippen LogP contribution in [0.15, 0.2) is 18.2 Å². The first-order valence-corrected chi connectivity index (χ1v) is 7.77. The number of aryl methyl sites for hydroxylation is 1. The second kappa shape index (κ2) is 7.98. The normalized spacial score (nSPS) is 22.4. The summed E-state index contributed by atoms with van der Waals surface area (Å²) in [6.07, 6.45) is 5.37. The molecule has 5 heteroatoms. The highest BCUT2D eigenvalue weighted by atomic mass is 16.3. The van der Waals surface area contributed by atoms with E-state index >= 15 is 0 Å². The number of aliphatic hydroxyl groups is 1. The molecule has 1 aliphatic carbocycles. The number of aromatic nitrogens is 1. The fraction of sp³-hybridized carbons (Fsp3) is 0.625. The van der Waals surface area contributed by atoms with E-state index < -0.39 is 0 Å². The SMILES string of the molecule is Cc1cccc(CNC(=O)NC2CCCCCC2CO)n1. The lowest BCUT2D eigenvalue weighted by atomic mass is 9.96. The van der Waals surface area contributed by atoms with E-state index in [4.69, 9.17) is 0 Å². The first kappa shape index (κ1) is 15.8. The Morgan fingerprint density at radius 1 is 1.33 bits per heavy atom. The Morgan fingerprint density at radius 2 is 2.14 bits per heavy atom. The van der Waals surface area contributed by atoms with Crippen LogP contribution in [0.1, 0.15) is 43.5 Å². The summed E-state index contributed by atoms with van der Waals surface area (Å²) in [5.41, 5.74) is 1.79. The van der Waals surface area contributed by atoms with Crippen LogP contribution in [0.4, 0.5) is 4.79 Å². The highest BCUT2D eigenvalue weighted by Crippen LogP contribution is 2.23. The zero-order valence-corrected chi connectivity index (χ0v) is 12.6. The van der Waals surface area contributed by atoms with Crippen molar-refractivity contribution in [1.82, 2.24) is 15.6 Å². The summed E-state index contributed by atoms with van der Waals surface area (Å²) in [6.45, 7) is 2.50. The van der Waals surface area contributed by atoms with Gasteiger partial charge in [0.2, 0.25) is 0 Å². The van der Waals surface area contributed by atoms with E-state index in [1.807, 2.05) is 25.1 Å². The highest BCUT2D eigenvalue weighted by molar-refractivity contribution is 5.74. The summed E-state index contributed by atoms with van der Waals surface area (Å²) >= 11 is 0. The van der Waals surface area contributed by atoms with E-state index in [1.165, 1.54) is 6.42 Å². The van der Waals surface area contributed by atoms with Gasteiger partial charge in [0.15, 0.2) is 0 Å². The van der Waals surface area contributed by atoms with Gasteiger partial charge in [-0.1, -0.05) is 25.3 Å². The Labute approximate surface area is 126 Å². The molecule has 2 atom stereocenters. The number of rotatable bonds is 4. The van der Waals surface area contributed by atoms with Crippen molar-refractivity contribution < 1.29 is 9.90 Å². The molecule has 1 aromatic heterocycles. The second-order valence-electron chi connectivity index (χ2n) is 5.78. The largest absolute Gasteiger partial charge is 0.396 e. The van der Waals surface area contributed by atoms with Gasteiger partial charge < -0.3 is 15.7 Å². The predicted molar refractivity (Wildman–Crippen MR) is 81.8 cm³/mol. The minimum absolute atomic E-state index is 0.0722. The molecule has 2 rings (SSSR count). The number of hydrogen-bond acceptors (Lipinski definition) is 3. The van der Waals surface area contributed by atoms with Crippen LogP contribution in [-0.2, 0) is 6.54 Å². The Bertz CT molecular complexity index is 465. The number of pyridine rings is 1. The van der Waals surface area contributed by atoms with Crippen molar-refractivity contribution >= 4 is 6.03 Å². The Kier molecular flexibility index (Phi) is 5.99. The maximum absolute atomic E-state index is 12.0. The molecular weight excluding hydrogens is 266 g/mol. The third-order valence-electron chi connectivity index (χ3n) is 4.09. The molecule has 1 aliphatic rings. The molecule has 1 fully saturated rings. The molecule has 0 saturated heterocycles. The van der Waals surface area contributed by atoms with E-state index in [-0.39, 0.29) is 24.6 Å². The van der Waals surface area contributed by atoms with Crippen LogP contribution in [-0.4, -0.2) is 28.8 Å². The molecule has 0 spiro atoms. The van der Waals surface area contributed by atoms with Gasteiger partial charge in [0, 0.05) is 24.3 Å². The summed E-state index contributed by atoms with van der Waals surface area (Å²) in [7, 11) is 0. The van der Waals surface area contributed by atoms with Crippen LogP contribution in [0, 0.1) is 12.8 Å². The topological polar surface area (TPSA) is 74.2 Å². The van der Waals surface area contributed by atoms with Crippen LogP contribution in [0.2, 0.25) is 0 Å². The molecule has 21 heavy (non-hydrogen) atoms. The van der Waals surface area contributed by atoms with Gasteiger partial charge in [0.05, 0.1) is 12.2 Å². The van der Waals surface area contributed by atoms with Gasteiger partial charge in [0.1, 0.15) is 0 Å². The highest BCUT2D eigenvalue weighted by Gasteiger charge is 2.24. The quantitative estimate of drug-likeness (QED) is 0.744. The molecule has 5 nitrogen and oxygen atoms in total. The van der Waals surface area contributed by atoms with Gasteiger partial charge in [-0.15, -0.1) is 0 Å². The summed E-state index contributed by atoms with van der Waals surface area (Å²) in [5, 5.41) is 15.3. The minimum atomic E-state index is -0.177. The number of amides is 2. The number of nitrogens with one attached hydrogen (secondary N) is 2. The van der Waals surface area contributed by atoms with Crippen molar-refractivity contribution in [2.45, 2.75) is 51.6 Å². The fourth-order valence-corrected chi connectivity index (χ4v) is 2.88. The third-order valence-corrected chi connectivity index (χ3v) is 4.09. The zero-order chi connectivity index (χ0) is 15.1. The van der Waals surface area contributed by atoms with E-state index in [9.17, 15) is 9.90 Å². The van der Waals surface area contributed by atoms with Gasteiger partial charge in [-0.2, -0.15) is 0 Å². The smallest absolute Gasteiger partial charge is 0.315 e. The number of carbonyl (C=O) groups excluding carboxylic acids is 1. The molecule has 116 valence electrons. The van der Waals surface area contributed by atoms with Crippen molar-refractivity contribution in [3.63, 3.8) is 0 Å². The molecule has 0 aliphatic heterocycles. The lowest BCUT2D eigenvalue weighted by Gasteiger charge is -2.24. The molecule has 0 bridgehead atoms. The van der Waals surface area contributed by atoms with E-state index in [0.29, 0.717) is 6.54 Å². The lowest BCUT2D eigenvalue weighted by molar-refractivity contribution is 0.179. The average Bonchev–Trinajstić information content (AvgIpc) is 2.70. The van der Waals surface area contributed by atoms with E-state index in [0.717, 1.165) is 37.1 Å². The van der Waals surface area contributed by atoms with Crippen molar-refractivity contribution in [2.24, 2.45) is 5.92 Å². The van der Waals surface area contributed by atoms with Gasteiger partial charge >= 0.3 is 6.03 Å². The molecule has 2 unspecified atom stereocenters.